The third kappa shape index (κ3) is 4.07. The van der Waals surface area contributed by atoms with Gasteiger partial charge >= 0.3 is 0 Å². The molecule has 2 N–H and O–H groups in total. The molecule has 3 amide bonds. The van der Waals surface area contributed by atoms with Gasteiger partial charge in [-0.2, -0.15) is 0 Å². The van der Waals surface area contributed by atoms with Gasteiger partial charge in [-0.05, 0) is 36.8 Å². The SMILES string of the molecule is Cc1cccc(OCC(=O)NN[C@@H]2CC(=O)N(c3ccccc3)C2=O)c1. The van der Waals surface area contributed by atoms with E-state index >= 15 is 0 Å². The van der Waals surface area contributed by atoms with Crippen molar-refractivity contribution in [2.24, 2.45) is 0 Å². The number of nitrogens with one attached hydrogen (secondary N) is 2. The lowest BCUT2D eigenvalue weighted by Crippen LogP contribution is -2.49. The molecule has 0 aromatic heterocycles. The number of amides is 3. The van der Waals surface area contributed by atoms with Crippen molar-refractivity contribution in [2.75, 3.05) is 11.5 Å². The summed E-state index contributed by atoms with van der Waals surface area (Å²) in [5, 5.41) is 0. The molecule has 7 nitrogen and oxygen atoms in total. The summed E-state index contributed by atoms with van der Waals surface area (Å²) in [5.41, 5.74) is 6.58. The Balaban J connectivity index is 1.51. The average molecular weight is 353 g/mol. The predicted octanol–water partition coefficient (Wildman–Crippen LogP) is 1.33. The van der Waals surface area contributed by atoms with Crippen LogP contribution >= 0.6 is 0 Å². The van der Waals surface area contributed by atoms with Crippen LogP contribution in [-0.4, -0.2) is 30.4 Å². The van der Waals surface area contributed by atoms with Crippen molar-refractivity contribution >= 4 is 23.4 Å². The van der Waals surface area contributed by atoms with Crippen molar-refractivity contribution in [3.63, 3.8) is 0 Å². The molecule has 0 spiro atoms. The van der Waals surface area contributed by atoms with Crippen LogP contribution in [0.2, 0.25) is 0 Å². The van der Waals surface area contributed by atoms with E-state index in [9.17, 15) is 14.4 Å². The molecule has 26 heavy (non-hydrogen) atoms. The topological polar surface area (TPSA) is 87.7 Å². The molecule has 1 aliphatic rings. The fraction of sp³-hybridized carbons (Fsp3) is 0.211. The van der Waals surface area contributed by atoms with Gasteiger partial charge in [-0.1, -0.05) is 30.3 Å². The van der Waals surface area contributed by atoms with E-state index < -0.39 is 17.9 Å². The van der Waals surface area contributed by atoms with Crippen LogP contribution in [0.25, 0.3) is 0 Å². The van der Waals surface area contributed by atoms with E-state index in [2.05, 4.69) is 10.9 Å². The summed E-state index contributed by atoms with van der Waals surface area (Å²) < 4.78 is 5.39. The minimum Gasteiger partial charge on any atom is -0.484 e. The van der Waals surface area contributed by atoms with Gasteiger partial charge in [0.25, 0.3) is 11.8 Å². The zero-order chi connectivity index (χ0) is 18.5. The number of hydrogen-bond donors (Lipinski definition) is 2. The van der Waals surface area contributed by atoms with Crippen LogP contribution in [0.5, 0.6) is 5.75 Å². The number of nitrogens with zero attached hydrogens (tertiary/aromatic N) is 1. The third-order valence-corrected chi connectivity index (χ3v) is 3.91. The molecule has 0 aliphatic carbocycles. The molecule has 2 aromatic carbocycles. The lowest BCUT2D eigenvalue weighted by molar-refractivity contribution is -0.125. The minimum atomic E-state index is -0.800. The van der Waals surface area contributed by atoms with E-state index in [1.165, 1.54) is 0 Å². The molecule has 0 radical (unpaired) electrons. The number of anilines is 1. The summed E-state index contributed by atoms with van der Waals surface area (Å²) in [7, 11) is 0. The van der Waals surface area contributed by atoms with Gasteiger partial charge in [0.2, 0.25) is 5.91 Å². The molecule has 7 heteroatoms. The molecule has 0 bridgehead atoms. The fourth-order valence-corrected chi connectivity index (χ4v) is 2.65. The van der Waals surface area contributed by atoms with Crippen LogP contribution in [-0.2, 0) is 14.4 Å². The first-order valence-corrected chi connectivity index (χ1v) is 8.20. The van der Waals surface area contributed by atoms with Gasteiger partial charge in [-0.3, -0.25) is 19.8 Å². The van der Waals surface area contributed by atoms with Crippen LogP contribution in [0.4, 0.5) is 5.69 Å². The quantitative estimate of drug-likeness (QED) is 0.604. The highest BCUT2D eigenvalue weighted by Crippen LogP contribution is 2.22. The molecule has 134 valence electrons. The summed E-state index contributed by atoms with van der Waals surface area (Å²) in [5.74, 6) is -0.572. The molecule has 1 fully saturated rings. The van der Waals surface area contributed by atoms with Gasteiger partial charge in [0.1, 0.15) is 11.8 Å². The maximum Gasteiger partial charge on any atom is 0.272 e. The van der Waals surface area contributed by atoms with Crippen molar-refractivity contribution in [1.82, 2.24) is 10.9 Å². The van der Waals surface area contributed by atoms with E-state index in [0.29, 0.717) is 11.4 Å². The first kappa shape index (κ1) is 17.6. The van der Waals surface area contributed by atoms with Crippen molar-refractivity contribution in [1.29, 1.82) is 0 Å². The summed E-state index contributed by atoms with van der Waals surface area (Å²) >= 11 is 0. The molecular weight excluding hydrogens is 334 g/mol. The first-order valence-electron chi connectivity index (χ1n) is 8.20. The van der Waals surface area contributed by atoms with E-state index in [4.69, 9.17) is 4.74 Å². The van der Waals surface area contributed by atoms with Gasteiger partial charge in [0.05, 0.1) is 12.1 Å². The highest BCUT2D eigenvalue weighted by molar-refractivity contribution is 6.22. The third-order valence-electron chi connectivity index (χ3n) is 3.91. The summed E-state index contributed by atoms with van der Waals surface area (Å²) in [6.07, 6.45) is -0.0211. The molecule has 1 saturated heterocycles. The van der Waals surface area contributed by atoms with Gasteiger partial charge in [0.15, 0.2) is 6.61 Å². The molecule has 1 atom stereocenters. The maximum atomic E-state index is 12.4. The largest absolute Gasteiger partial charge is 0.484 e. The molecule has 2 aromatic rings. The number of imide groups is 1. The molecule has 3 rings (SSSR count). The number of carbonyl (C=O) groups is 3. The normalized spacial score (nSPS) is 16.7. The van der Waals surface area contributed by atoms with Gasteiger partial charge < -0.3 is 4.74 Å². The van der Waals surface area contributed by atoms with Crippen molar-refractivity contribution in [3.8, 4) is 5.75 Å². The van der Waals surface area contributed by atoms with Crippen LogP contribution in [0.3, 0.4) is 0 Å². The van der Waals surface area contributed by atoms with Gasteiger partial charge in [0, 0.05) is 0 Å². The number of rotatable bonds is 6. The lowest BCUT2D eigenvalue weighted by Gasteiger charge is -2.16. The van der Waals surface area contributed by atoms with Crippen molar-refractivity contribution < 1.29 is 19.1 Å². The number of ether oxygens (including phenoxy) is 1. The molecule has 1 heterocycles. The van der Waals surface area contributed by atoms with Crippen molar-refractivity contribution in [3.05, 3.63) is 60.2 Å². The average Bonchev–Trinajstić information content (AvgIpc) is 2.92. The fourth-order valence-electron chi connectivity index (χ4n) is 2.65. The zero-order valence-electron chi connectivity index (χ0n) is 14.3. The lowest BCUT2D eigenvalue weighted by atomic mass is 10.2. The Morgan fingerprint density at radius 3 is 2.65 bits per heavy atom. The predicted molar refractivity (Wildman–Crippen MR) is 95.3 cm³/mol. The van der Waals surface area contributed by atoms with Crippen molar-refractivity contribution in [2.45, 2.75) is 19.4 Å². The summed E-state index contributed by atoms with van der Waals surface area (Å²) in [6.45, 7) is 1.73. The Hall–Kier alpha value is -3.19. The second-order valence-electron chi connectivity index (χ2n) is 5.96. The van der Waals surface area contributed by atoms with E-state index in [1.807, 2.05) is 25.1 Å². The number of aryl methyl sites for hydroxylation is 1. The smallest absolute Gasteiger partial charge is 0.272 e. The zero-order valence-corrected chi connectivity index (χ0v) is 14.3. The Labute approximate surface area is 150 Å². The Kier molecular flexibility index (Phi) is 5.28. The molecule has 1 aliphatic heterocycles. The Bertz CT molecular complexity index is 823. The van der Waals surface area contributed by atoms with E-state index in [1.54, 1.807) is 36.4 Å². The Morgan fingerprint density at radius 1 is 1.15 bits per heavy atom. The molecule has 0 saturated carbocycles. The van der Waals surface area contributed by atoms with Gasteiger partial charge in [-0.25, -0.2) is 10.3 Å². The van der Waals surface area contributed by atoms with Crippen LogP contribution in [0, 0.1) is 6.92 Å². The van der Waals surface area contributed by atoms with E-state index in [-0.39, 0.29) is 18.9 Å². The maximum absolute atomic E-state index is 12.4. The minimum absolute atomic E-state index is 0.0211. The summed E-state index contributed by atoms with van der Waals surface area (Å²) in [4.78, 5) is 37.5. The number of hydrazine groups is 1. The summed E-state index contributed by atoms with van der Waals surface area (Å²) in [6, 6.07) is 15.2. The van der Waals surface area contributed by atoms with Crippen LogP contribution in [0.15, 0.2) is 54.6 Å². The standard InChI is InChI=1S/C19H19N3O4/c1-13-6-5-9-15(10-13)26-12-17(23)21-20-16-11-18(24)22(19(16)25)14-7-3-2-4-8-14/h2-10,16,20H,11-12H2,1H3,(H,21,23)/t16-/m1/s1. The van der Waals surface area contributed by atoms with Crippen LogP contribution in [0.1, 0.15) is 12.0 Å². The second kappa shape index (κ2) is 7.79. The monoisotopic (exact) mass is 353 g/mol. The molecule has 0 unspecified atom stereocenters. The Morgan fingerprint density at radius 2 is 1.92 bits per heavy atom. The van der Waals surface area contributed by atoms with E-state index in [0.717, 1.165) is 10.5 Å². The highest BCUT2D eigenvalue weighted by atomic mass is 16.5. The second-order valence-corrected chi connectivity index (χ2v) is 5.96. The number of para-hydroxylation sites is 1. The molecular formula is C19H19N3O4. The van der Waals surface area contributed by atoms with Crippen LogP contribution < -0.4 is 20.5 Å². The number of hydrogen-bond acceptors (Lipinski definition) is 5. The first-order chi connectivity index (χ1) is 12.5. The number of benzene rings is 2. The van der Waals surface area contributed by atoms with Gasteiger partial charge in [-0.15, -0.1) is 0 Å². The highest BCUT2D eigenvalue weighted by Gasteiger charge is 2.39. The number of carbonyl (C=O) groups excluding carboxylic acids is 3.